The Morgan fingerprint density at radius 3 is 2.63 bits per heavy atom. The predicted octanol–water partition coefficient (Wildman–Crippen LogP) is 3.54. The number of cyclic esters (lactones) is 1. The minimum absolute atomic E-state index is 0.0915. The zero-order chi connectivity index (χ0) is 20.7. The first kappa shape index (κ1) is 19.0. The van der Waals surface area contributed by atoms with E-state index in [9.17, 15) is 13.2 Å². The molecule has 0 aliphatic carbocycles. The number of nitrogens with zero attached hydrogens (tertiary/aromatic N) is 3. The summed E-state index contributed by atoms with van der Waals surface area (Å²) in [4.78, 5) is 18.6. The van der Waals surface area contributed by atoms with Gasteiger partial charge in [0.05, 0.1) is 16.1 Å². The summed E-state index contributed by atoms with van der Waals surface area (Å²) in [6, 6.07) is 16.2. The monoisotopic (exact) mass is 423 g/mol. The number of amides is 1. The van der Waals surface area contributed by atoms with Gasteiger partial charge >= 0.3 is 6.09 Å². The average molecular weight is 423 g/mol. The molecule has 0 unspecified atom stereocenters. The second-order valence-corrected chi connectivity index (χ2v) is 9.48. The molecule has 3 aromatic rings. The Balaban J connectivity index is 1.36. The van der Waals surface area contributed by atoms with Gasteiger partial charge in [-0.2, -0.15) is 4.31 Å². The largest absolute Gasteiger partial charge is 0.444 e. The molecule has 1 aromatic heterocycles. The molecule has 3 heterocycles. The van der Waals surface area contributed by atoms with Crippen LogP contribution < -0.4 is 4.90 Å². The molecule has 0 spiro atoms. The molecule has 0 atom stereocenters. The highest BCUT2D eigenvalue weighted by Crippen LogP contribution is 2.33. The van der Waals surface area contributed by atoms with Crippen molar-refractivity contribution in [2.24, 2.45) is 0 Å². The van der Waals surface area contributed by atoms with Crippen molar-refractivity contribution in [2.75, 3.05) is 18.0 Å². The van der Waals surface area contributed by atoms with Gasteiger partial charge in [-0.25, -0.2) is 13.2 Å². The lowest BCUT2D eigenvalue weighted by atomic mass is 10.0. The molecule has 5 rings (SSSR count). The zero-order valence-electron chi connectivity index (χ0n) is 16.3. The third-order valence-corrected chi connectivity index (χ3v) is 7.69. The van der Waals surface area contributed by atoms with Crippen molar-refractivity contribution in [1.29, 1.82) is 0 Å². The minimum Gasteiger partial charge on any atom is -0.444 e. The van der Waals surface area contributed by atoms with E-state index in [0.717, 1.165) is 22.2 Å². The lowest BCUT2D eigenvalue weighted by Crippen LogP contribution is -2.50. The van der Waals surface area contributed by atoms with Crippen LogP contribution in [0, 0.1) is 0 Å². The van der Waals surface area contributed by atoms with Crippen LogP contribution in [0.5, 0.6) is 0 Å². The van der Waals surface area contributed by atoms with E-state index in [4.69, 9.17) is 4.74 Å². The third-order valence-electron chi connectivity index (χ3n) is 5.80. The van der Waals surface area contributed by atoms with Gasteiger partial charge in [-0.05, 0) is 43.2 Å². The van der Waals surface area contributed by atoms with Crippen LogP contribution in [0.15, 0.2) is 65.7 Å². The molecule has 1 amide bonds. The molecule has 8 heteroatoms. The van der Waals surface area contributed by atoms with E-state index in [1.807, 2.05) is 30.3 Å². The zero-order valence-corrected chi connectivity index (χ0v) is 17.1. The molecule has 154 valence electrons. The Morgan fingerprint density at radius 1 is 1.00 bits per heavy atom. The fourth-order valence-corrected chi connectivity index (χ4v) is 5.73. The van der Waals surface area contributed by atoms with Gasteiger partial charge in [-0.3, -0.25) is 9.88 Å². The van der Waals surface area contributed by atoms with Gasteiger partial charge in [0, 0.05) is 36.3 Å². The van der Waals surface area contributed by atoms with Gasteiger partial charge in [0.25, 0.3) is 0 Å². The predicted molar refractivity (Wildman–Crippen MR) is 113 cm³/mol. The topological polar surface area (TPSA) is 79.8 Å². The van der Waals surface area contributed by atoms with Crippen LogP contribution in [0.25, 0.3) is 10.9 Å². The van der Waals surface area contributed by atoms with Gasteiger partial charge in [-0.1, -0.05) is 24.3 Å². The van der Waals surface area contributed by atoms with E-state index >= 15 is 0 Å². The highest BCUT2D eigenvalue weighted by molar-refractivity contribution is 7.89. The number of carbonyl (C=O) groups is 1. The summed E-state index contributed by atoms with van der Waals surface area (Å²) in [5.74, 6) is 0. The first-order valence-electron chi connectivity index (χ1n) is 9.93. The maximum absolute atomic E-state index is 13.2. The third kappa shape index (κ3) is 3.22. The van der Waals surface area contributed by atoms with E-state index in [0.29, 0.717) is 25.9 Å². The standard InChI is InChI=1S/C22H21N3O4S/c26-22-25(21-6-2-1-4-17(21)15-29-22)18-9-12-24(13-10-18)30(27,28)19-7-8-20-16(14-19)5-3-11-23-20/h1-8,11,14,18H,9-10,12-13,15H2. The van der Waals surface area contributed by atoms with Crippen molar-refractivity contribution in [1.82, 2.24) is 9.29 Å². The molecule has 30 heavy (non-hydrogen) atoms. The summed E-state index contributed by atoms with van der Waals surface area (Å²) in [5, 5.41) is 0.793. The Bertz CT molecular complexity index is 1220. The number of fused-ring (bicyclic) bond motifs is 2. The van der Waals surface area contributed by atoms with Crippen LogP contribution in [0.1, 0.15) is 18.4 Å². The molecule has 0 N–H and O–H groups in total. The fourth-order valence-electron chi connectivity index (χ4n) is 4.22. The molecule has 0 saturated carbocycles. The summed E-state index contributed by atoms with van der Waals surface area (Å²) in [7, 11) is -3.61. The van der Waals surface area contributed by atoms with Crippen molar-refractivity contribution < 1.29 is 17.9 Å². The summed E-state index contributed by atoms with van der Waals surface area (Å²) < 4.78 is 33.2. The van der Waals surface area contributed by atoms with Crippen molar-refractivity contribution >= 4 is 32.7 Å². The van der Waals surface area contributed by atoms with Crippen molar-refractivity contribution in [2.45, 2.75) is 30.4 Å². The van der Waals surface area contributed by atoms with E-state index in [2.05, 4.69) is 4.98 Å². The van der Waals surface area contributed by atoms with Crippen LogP contribution in [-0.4, -0.2) is 42.9 Å². The molecule has 1 saturated heterocycles. The Morgan fingerprint density at radius 2 is 1.80 bits per heavy atom. The van der Waals surface area contributed by atoms with Crippen LogP contribution in [0.3, 0.4) is 0 Å². The lowest BCUT2D eigenvalue weighted by Gasteiger charge is -2.39. The molecule has 1 fully saturated rings. The summed E-state index contributed by atoms with van der Waals surface area (Å²) in [6.07, 6.45) is 2.43. The van der Waals surface area contributed by atoms with Gasteiger partial charge in [-0.15, -0.1) is 0 Å². The highest BCUT2D eigenvalue weighted by atomic mass is 32.2. The number of aromatic nitrogens is 1. The van der Waals surface area contributed by atoms with Crippen molar-refractivity contribution in [3.63, 3.8) is 0 Å². The van der Waals surface area contributed by atoms with Crippen LogP contribution >= 0.6 is 0 Å². The number of anilines is 1. The Kier molecular flexibility index (Phi) is 4.67. The number of hydrogen-bond acceptors (Lipinski definition) is 5. The van der Waals surface area contributed by atoms with Gasteiger partial charge in [0.15, 0.2) is 0 Å². The van der Waals surface area contributed by atoms with E-state index in [1.165, 1.54) is 4.31 Å². The van der Waals surface area contributed by atoms with Crippen LogP contribution in [-0.2, 0) is 21.4 Å². The van der Waals surface area contributed by atoms with Gasteiger partial charge in [0.1, 0.15) is 6.61 Å². The van der Waals surface area contributed by atoms with E-state index in [-0.39, 0.29) is 23.6 Å². The molecule has 7 nitrogen and oxygen atoms in total. The highest BCUT2D eigenvalue weighted by Gasteiger charge is 2.37. The van der Waals surface area contributed by atoms with E-state index < -0.39 is 10.0 Å². The first-order valence-corrected chi connectivity index (χ1v) is 11.4. The molecule has 2 aromatic carbocycles. The number of para-hydroxylation sites is 1. The molecule has 2 aliphatic heterocycles. The quantitative estimate of drug-likeness (QED) is 0.644. The van der Waals surface area contributed by atoms with Crippen molar-refractivity contribution in [3.8, 4) is 0 Å². The Hall–Kier alpha value is -2.97. The second-order valence-electron chi connectivity index (χ2n) is 7.55. The SMILES string of the molecule is O=C1OCc2ccccc2N1C1CCN(S(=O)(=O)c2ccc3ncccc3c2)CC1. The van der Waals surface area contributed by atoms with Crippen LogP contribution in [0.2, 0.25) is 0 Å². The summed E-state index contributed by atoms with van der Waals surface area (Å²) in [5.41, 5.74) is 2.59. The number of piperidine rings is 1. The second kappa shape index (κ2) is 7.37. The van der Waals surface area contributed by atoms with Crippen LogP contribution in [0.4, 0.5) is 10.5 Å². The van der Waals surface area contributed by atoms with E-state index in [1.54, 1.807) is 35.4 Å². The van der Waals surface area contributed by atoms with Gasteiger partial charge in [0.2, 0.25) is 10.0 Å². The maximum atomic E-state index is 13.2. The minimum atomic E-state index is -3.61. The Labute approximate surface area is 174 Å². The average Bonchev–Trinajstić information content (AvgIpc) is 2.79. The number of benzene rings is 2. The number of carbonyl (C=O) groups excluding carboxylic acids is 1. The maximum Gasteiger partial charge on any atom is 0.414 e. The van der Waals surface area contributed by atoms with Crippen molar-refractivity contribution in [3.05, 3.63) is 66.4 Å². The summed E-state index contributed by atoms with van der Waals surface area (Å²) >= 11 is 0. The first-order chi connectivity index (χ1) is 14.5. The van der Waals surface area contributed by atoms with Gasteiger partial charge < -0.3 is 4.74 Å². The molecule has 0 bridgehead atoms. The number of pyridine rings is 1. The normalized spacial score (nSPS) is 18.3. The number of hydrogen-bond donors (Lipinski definition) is 0. The number of sulfonamides is 1. The number of ether oxygens (including phenoxy) is 1. The number of rotatable bonds is 3. The summed E-state index contributed by atoms with van der Waals surface area (Å²) in [6.45, 7) is 0.976. The molecular formula is C22H21N3O4S. The molecule has 2 aliphatic rings. The molecule has 0 radical (unpaired) electrons. The smallest absolute Gasteiger partial charge is 0.414 e. The molecular weight excluding hydrogens is 402 g/mol. The fraction of sp³-hybridized carbons (Fsp3) is 0.273. The lowest BCUT2D eigenvalue weighted by molar-refractivity contribution is 0.136.